The third kappa shape index (κ3) is 3.55. The molecule has 0 amide bonds. The highest BCUT2D eigenvalue weighted by Crippen LogP contribution is 2.17. The Morgan fingerprint density at radius 1 is 1.12 bits per heavy atom. The second kappa shape index (κ2) is 6.18. The Balaban J connectivity index is 1.98. The largest absolute Gasteiger partial charge is 0.296 e. The Labute approximate surface area is 108 Å². The highest BCUT2D eigenvalue weighted by molar-refractivity contribution is 6.34. The molecule has 17 heavy (non-hydrogen) atoms. The summed E-state index contributed by atoms with van der Waals surface area (Å²) in [6.07, 6.45) is 4.99. The first-order valence-corrected chi connectivity index (χ1v) is 6.65. The summed E-state index contributed by atoms with van der Waals surface area (Å²) >= 11 is 6.03. The highest BCUT2D eigenvalue weighted by Gasteiger charge is 2.15. The first-order chi connectivity index (χ1) is 8.27. The summed E-state index contributed by atoms with van der Waals surface area (Å²) < 4.78 is 0. The van der Waals surface area contributed by atoms with Gasteiger partial charge < -0.3 is 0 Å². The SMILES string of the molecule is O=C(CN1CCCCCC1)c1ccccc1Cl. The standard InChI is InChI=1S/C14H18ClNO/c15-13-8-4-3-7-12(13)14(17)11-16-9-5-1-2-6-10-16/h3-4,7-8H,1-2,5-6,9-11H2. The van der Waals surface area contributed by atoms with Crippen molar-refractivity contribution in [1.29, 1.82) is 0 Å². The lowest BCUT2D eigenvalue weighted by atomic mass is 10.1. The minimum absolute atomic E-state index is 0.137. The number of rotatable bonds is 3. The molecule has 0 saturated carbocycles. The molecule has 0 aliphatic carbocycles. The normalized spacial score (nSPS) is 17.7. The number of benzene rings is 1. The number of carbonyl (C=O) groups excluding carboxylic acids is 1. The van der Waals surface area contributed by atoms with Crippen LogP contribution in [-0.2, 0) is 0 Å². The van der Waals surface area contributed by atoms with E-state index in [-0.39, 0.29) is 5.78 Å². The summed E-state index contributed by atoms with van der Waals surface area (Å²) in [5.74, 6) is 0.137. The Kier molecular flexibility index (Phi) is 4.57. The third-order valence-electron chi connectivity index (χ3n) is 3.24. The summed E-state index contributed by atoms with van der Waals surface area (Å²) in [5, 5.41) is 0.562. The minimum atomic E-state index is 0.137. The van der Waals surface area contributed by atoms with Crippen LogP contribution in [0.15, 0.2) is 24.3 Å². The average molecular weight is 252 g/mol. The van der Waals surface area contributed by atoms with E-state index in [0.29, 0.717) is 17.1 Å². The molecule has 0 radical (unpaired) electrons. The van der Waals surface area contributed by atoms with E-state index in [9.17, 15) is 4.79 Å². The number of likely N-dealkylation sites (tertiary alicyclic amines) is 1. The first-order valence-electron chi connectivity index (χ1n) is 6.27. The van der Waals surface area contributed by atoms with Crippen LogP contribution in [0.4, 0.5) is 0 Å². The molecule has 1 saturated heterocycles. The first kappa shape index (κ1) is 12.6. The van der Waals surface area contributed by atoms with E-state index in [1.54, 1.807) is 6.07 Å². The Morgan fingerprint density at radius 2 is 1.76 bits per heavy atom. The maximum absolute atomic E-state index is 12.1. The molecule has 1 aliphatic heterocycles. The number of hydrogen-bond donors (Lipinski definition) is 0. The smallest absolute Gasteiger partial charge is 0.178 e. The van der Waals surface area contributed by atoms with Crippen LogP contribution in [0.2, 0.25) is 5.02 Å². The molecule has 1 aromatic carbocycles. The Hall–Kier alpha value is -0.860. The fourth-order valence-corrected chi connectivity index (χ4v) is 2.51. The number of Topliss-reactive ketones (excluding diaryl/α,β-unsaturated/α-hetero) is 1. The van der Waals surface area contributed by atoms with Crippen LogP contribution in [0.1, 0.15) is 36.0 Å². The maximum Gasteiger partial charge on any atom is 0.178 e. The summed E-state index contributed by atoms with van der Waals surface area (Å²) in [4.78, 5) is 14.4. The average Bonchev–Trinajstić information content (AvgIpc) is 2.58. The minimum Gasteiger partial charge on any atom is -0.296 e. The molecular formula is C14H18ClNO. The van der Waals surface area contributed by atoms with Gasteiger partial charge in [0, 0.05) is 5.56 Å². The molecule has 0 N–H and O–H groups in total. The zero-order chi connectivity index (χ0) is 12.1. The molecule has 0 aromatic heterocycles. The van der Waals surface area contributed by atoms with Gasteiger partial charge in [-0.15, -0.1) is 0 Å². The third-order valence-corrected chi connectivity index (χ3v) is 3.57. The zero-order valence-corrected chi connectivity index (χ0v) is 10.7. The second-order valence-electron chi connectivity index (χ2n) is 4.59. The quantitative estimate of drug-likeness (QED) is 0.768. The van der Waals surface area contributed by atoms with Crippen LogP contribution < -0.4 is 0 Å². The topological polar surface area (TPSA) is 20.3 Å². The molecule has 0 spiro atoms. The number of hydrogen-bond acceptors (Lipinski definition) is 2. The predicted octanol–water partition coefficient (Wildman–Crippen LogP) is 3.40. The van der Waals surface area contributed by atoms with Gasteiger partial charge >= 0.3 is 0 Å². The van der Waals surface area contributed by atoms with Crippen molar-refractivity contribution in [2.45, 2.75) is 25.7 Å². The number of carbonyl (C=O) groups is 1. The van der Waals surface area contributed by atoms with Crippen LogP contribution >= 0.6 is 11.6 Å². The molecular weight excluding hydrogens is 234 g/mol. The van der Waals surface area contributed by atoms with Gasteiger partial charge in [0.15, 0.2) is 5.78 Å². The van der Waals surface area contributed by atoms with Gasteiger partial charge in [-0.05, 0) is 38.1 Å². The molecule has 3 heteroatoms. The van der Waals surface area contributed by atoms with Crippen molar-refractivity contribution in [2.24, 2.45) is 0 Å². The summed E-state index contributed by atoms with van der Waals surface area (Å²) in [6.45, 7) is 2.58. The summed E-state index contributed by atoms with van der Waals surface area (Å²) in [7, 11) is 0. The van der Waals surface area contributed by atoms with Crippen molar-refractivity contribution in [3.05, 3.63) is 34.9 Å². The molecule has 1 aliphatic rings. The van der Waals surface area contributed by atoms with E-state index in [0.717, 1.165) is 13.1 Å². The number of ketones is 1. The van der Waals surface area contributed by atoms with E-state index in [1.165, 1.54) is 25.7 Å². The second-order valence-corrected chi connectivity index (χ2v) is 5.00. The fourth-order valence-electron chi connectivity index (χ4n) is 2.27. The Bertz CT molecular complexity index is 384. The highest BCUT2D eigenvalue weighted by atomic mass is 35.5. The van der Waals surface area contributed by atoms with Gasteiger partial charge in [0.2, 0.25) is 0 Å². The zero-order valence-electron chi connectivity index (χ0n) is 9.99. The fraction of sp³-hybridized carbons (Fsp3) is 0.500. The monoisotopic (exact) mass is 251 g/mol. The van der Waals surface area contributed by atoms with Crippen LogP contribution in [-0.4, -0.2) is 30.3 Å². The lowest BCUT2D eigenvalue weighted by Crippen LogP contribution is -2.30. The van der Waals surface area contributed by atoms with Gasteiger partial charge in [-0.25, -0.2) is 0 Å². The molecule has 2 nitrogen and oxygen atoms in total. The van der Waals surface area contributed by atoms with Crippen molar-refractivity contribution >= 4 is 17.4 Å². The van der Waals surface area contributed by atoms with Crippen LogP contribution in [0.5, 0.6) is 0 Å². The molecule has 0 unspecified atom stereocenters. The lowest BCUT2D eigenvalue weighted by Gasteiger charge is -2.18. The van der Waals surface area contributed by atoms with Gasteiger partial charge in [0.1, 0.15) is 0 Å². The van der Waals surface area contributed by atoms with Crippen molar-refractivity contribution in [1.82, 2.24) is 4.90 Å². The van der Waals surface area contributed by atoms with E-state index < -0.39 is 0 Å². The lowest BCUT2D eigenvalue weighted by molar-refractivity contribution is 0.0933. The van der Waals surface area contributed by atoms with Gasteiger partial charge in [-0.2, -0.15) is 0 Å². The molecule has 1 heterocycles. The van der Waals surface area contributed by atoms with Crippen LogP contribution in [0.3, 0.4) is 0 Å². The van der Waals surface area contributed by atoms with Crippen LogP contribution in [0, 0.1) is 0 Å². The molecule has 2 rings (SSSR count). The number of halogens is 1. The Morgan fingerprint density at radius 3 is 2.41 bits per heavy atom. The predicted molar refractivity (Wildman–Crippen MR) is 70.7 cm³/mol. The van der Waals surface area contributed by atoms with Crippen molar-refractivity contribution < 1.29 is 4.79 Å². The summed E-state index contributed by atoms with van der Waals surface area (Å²) in [6, 6.07) is 7.30. The van der Waals surface area contributed by atoms with Crippen LogP contribution in [0.25, 0.3) is 0 Å². The van der Waals surface area contributed by atoms with Crippen molar-refractivity contribution in [3.8, 4) is 0 Å². The van der Waals surface area contributed by atoms with E-state index in [2.05, 4.69) is 4.90 Å². The molecule has 1 aromatic rings. The van der Waals surface area contributed by atoms with E-state index >= 15 is 0 Å². The van der Waals surface area contributed by atoms with E-state index in [1.807, 2.05) is 18.2 Å². The van der Waals surface area contributed by atoms with Crippen molar-refractivity contribution in [3.63, 3.8) is 0 Å². The van der Waals surface area contributed by atoms with Gasteiger partial charge in [0.25, 0.3) is 0 Å². The van der Waals surface area contributed by atoms with Crippen molar-refractivity contribution in [2.75, 3.05) is 19.6 Å². The molecule has 1 fully saturated rings. The maximum atomic E-state index is 12.1. The summed E-state index contributed by atoms with van der Waals surface area (Å²) in [5.41, 5.74) is 0.651. The molecule has 0 bridgehead atoms. The van der Waals surface area contributed by atoms with Gasteiger partial charge in [-0.1, -0.05) is 36.6 Å². The van der Waals surface area contributed by atoms with Gasteiger partial charge in [0.05, 0.1) is 11.6 Å². The molecule has 0 atom stereocenters. The van der Waals surface area contributed by atoms with Gasteiger partial charge in [-0.3, -0.25) is 9.69 Å². The molecule has 92 valence electrons. The van der Waals surface area contributed by atoms with E-state index in [4.69, 9.17) is 11.6 Å². The number of nitrogens with zero attached hydrogens (tertiary/aromatic N) is 1.